The van der Waals surface area contributed by atoms with E-state index >= 15 is 0 Å². The molecule has 132 valence electrons. The highest BCUT2D eigenvalue weighted by atomic mass is 16.2. The van der Waals surface area contributed by atoms with Crippen molar-refractivity contribution in [2.75, 3.05) is 18.0 Å². The standard InChI is InChI=1S/C18H24N6O/c1-3-13-9-19-17(20-10-13)24-6-4-18(5-7-24)15(8-16(25)22-18)14-11-21-23(2)12-14/h9-12,15H,3-8H2,1-2H3,(H,22,25). The van der Waals surface area contributed by atoms with Gasteiger partial charge in [0.2, 0.25) is 11.9 Å². The monoisotopic (exact) mass is 340 g/mol. The SMILES string of the molecule is CCc1cnc(N2CCC3(CC2)NC(=O)CC3c2cnn(C)c2)nc1. The Morgan fingerprint density at radius 1 is 1.24 bits per heavy atom. The Kier molecular flexibility index (Phi) is 3.94. The fourth-order valence-corrected chi connectivity index (χ4v) is 4.13. The summed E-state index contributed by atoms with van der Waals surface area (Å²) in [5.74, 6) is 1.12. The van der Waals surface area contributed by atoms with Crippen LogP contribution in [0.2, 0.25) is 0 Å². The second-order valence-corrected chi connectivity index (χ2v) is 7.14. The number of carbonyl (C=O) groups excluding carboxylic acids is 1. The van der Waals surface area contributed by atoms with Crippen LogP contribution in [-0.4, -0.2) is 44.3 Å². The average Bonchev–Trinajstić information content (AvgIpc) is 3.19. The van der Waals surface area contributed by atoms with Gasteiger partial charge in [0, 0.05) is 51.1 Å². The van der Waals surface area contributed by atoms with Crippen LogP contribution in [0.3, 0.4) is 0 Å². The molecule has 2 aromatic rings. The first-order valence-corrected chi connectivity index (χ1v) is 8.95. The third-order valence-electron chi connectivity index (χ3n) is 5.61. The molecule has 7 nitrogen and oxygen atoms in total. The Hall–Kier alpha value is -2.44. The molecule has 2 saturated heterocycles. The van der Waals surface area contributed by atoms with E-state index in [1.165, 1.54) is 0 Å². The molecule has 0 saturated carbocycles. The number of rotatable bonds is 3. The van der Waals surface area contributed by atoms with Gasteiger partial charge in [-0.3, -0.25) is 9.48 Å². The van der Waals surface area contributed by atoms with E-state index in [0.29, 0.717) is 6.42 Å². The maximum absolute atomic E-state index is 12.2. The van der Waals surface area contributed by atoms with Crippen molar-refractivity contribution in [2.45, 2.75) is 44.1 Å². The highest BCUT2D eigenvalue weighted by molar-refractivity contribution is 5.81. The van der Waals surface area contributed by atoms with E-state index in [2.05, 4.69) is 32.2 Å². The van der Waals surface area contributed by atoms with Crippen LogP contribution < -0.4 is 10.2 Å². The van der Waals surface area contributed by atoms with E-state index in [1.807, 2.05) is 36.5 Å². The largest absolute Gasteiger partial charge is 0.350 e. The topological polar surface area (TPSA) is 75.9 Å². The summed E-state index contributed by atoms with van der Waals surface area (Å²) in [5.41, 5.74) is 2.13. The van der Waals surface area contributed by atoms with E-state index in [0.717, 1.165) is 49.4 Å². The van der Waals surface area contributed by atoms with E-state index in [1.54, 1.807) is 0 Å². The van der Waals surface area contributed by atoms with Gasteiger partial charge in [-0.25, -0.2) is 9.97 Å². The van der Waals surface area contributed by atoms with E-state index in [9.17, 15) is 4.79 Å². The summed E-state index contributed by atoms with van der Waals surface area (Å²) in [4.78, 5) is 23.4. The lowest BCUT2D eigenvalue weighted by molar-refractivity contribution is -0.119. The molecule has 2 aliphatic rings. The highest BCUT2D eigenvalue weighted by Crippen LogP contribution is 2.43. The van der Waals surface area contributed by atoms with Gasteiger partial charge in [-0.2, -0.15) is 5.10 Å². The molecule has 2 aliphatic heterocycles. The summed E-state index contributed by atoms with van der Waals surface area (Å²) in [6.45, 7) is 3.80. The number of carbonyl (C=O) groups is 1. The van der Waals surface area contributed by atoms with Crippen LogP contribution >= 0.6 is 0 Å². The summed E-state index contributed by atoms with van der Waals surface area (Å²) < 4.78 is 1.81. The molecule has 1 amide bonds. The molecule has 1 unspecified atom stereocenters. The van der Waals surface area contributed by atoms with Crippen molar-refractivity contribution >= 4 is 11.9 Å². The third kappa shape index (κ3) is 2.88. The van der Waals surface area contributed by atoms with E-state index in [4.69, 9.17) is 0 Å². The van der Waals surface area contributed by atoms with Crippen molar-refractivity contribution in [3.63, 3.8) is 0 Å². The van der Waals surface area contributed by atoms with Gasteiger partial charge in [0.05, 0.1) is 11.7 Å². The zero-order chi connectivity index (χ0) is 17.4. The first-order valence-electron chi connectivity index (χ1n) is 8.95. The van der Waals surface area contributed by atoms with Crippen molar-refractivity contribution in [3.05, 3.63) is 35.9 Å². The molecule has 2 fully saturated rings. The predicted octanol–water partition coefficient (Wildman–Crippen LogP) is 1.42. The molecule has 1 N–H and O–H groups in total. The van der Waals surface area contributed by atoms with Gasteiger partial charge in [-0.1, -0.05) is 6.92 Å². The molecule has 4 rings (SSSR count). The van der Waals surface area contributed by atoms with Crippen LogP contribution in [0.1, 0.15) is 43.2 Å². The van der Waals surface area contributed by atoms with Crippen LogP contribution in [0.15, 0.2) is 24.8 Å². The van der Waals surface area contributed by atoms with E-state index < -0.39 is 0 Å². The second-order valence-electron chi connectivity index (χ2n) is 7.14. The summed E-state index contributed by atoms with van der Waals surface area (Å²) in [6.07, 6.45) is 11.0. The molecule has 0 bridgehead atoms. The third-order valence-corrected chi connectivity index (χ3v) is 5.61. The fraction of sp³-hybridized carbons (Fsp3) is 0.556. The van der Waals surface area contributed by atoms with Crippen LogP contribution in [0.25, 0.3) is 0 Å². The summed E-state index contributed by atoms with van der Waals surface area (Å²) in [7, 11) is 1.92. The Bertz CT molecular complexity index is 760. The Morgan fingerprint density at radius 2 is 1.96 bits per heavy atom. The van der Waals surface area contributed by atoms with Crippen molar-refractivity contribution in [1.29, 1.82) is 0 Å². The number of nitrogens with one attached hydrogen (secondary N) is 1. The number of hydrogen-bond acceptors (Lipinski definition) is 5. The molecule has 1 spiro atoms. The van der Waals surface area contributed by atoms with Gasteiger partial charge < -0.3 is 10.2 Å². The van der Waals surface area contributed by atoms with Crippen molar-refractivity contribution in [2.24, 2.45) is 7.05 Å². The molecule has 2 aromatic heterocycles. The molecule has 0 radical (unpaired) electrons. The van der Waals surface area contributed by atoms with Crippen LogP contribution in [-0.2, 0) is 18.3 Å². The molecule has 1 atom stereocenters. The molecule has 0 aliphatic carbocycles. The van der Waals surface area contributed by atoms with Crippen LogP contribution in [0.4, 0.5) is 5.95 Å². The first kappa shape index (κ1) is 16.1. The smallest absolute Gasteiger partial charge is 0.225 e. The van der Waals surface area contributed by atoms with Crippen LogP contribution in [0.5, 0.6) is 0 Å². The highest BCUT2D eigenvalue weighted by Gasteiger charge is 2.49. The lowest BCUT2D eigenvalue weighted by Crippen LogP contribution is -2.53. The van der Waals surface area contributed by atoms with Crippen molar-refractivity contribution in [3.8, 4) is 0 Å². The summed E-state index contributed by atoms with van der Waals surface area (Å²) in [6, 6.07) is 0. The number of aromatic nitrogens is 4. The molecule has 4 heterocycles. The molecule has 7 heteroatoms. The first-order chi connectivity index (χ1) is 12.1. The Balaban J connectivity index is 1.51. The van der Waals surface area contributed by atoms with Gasteiger partial charge >= 0.3 is 0 Å². The lowest BCUT2D eigenvalue weighted by atomic mass is 9.75. The molecular weight excluding hydrogens is 316 g/mol. The van der Waals surface area contributed by atoms with Gasteiger partial charge in [0.25, 0.3) is 0 Å². The average molecular weight is 340 g/mol. The normalized spacial score (nSPS) is 22.4. The van der Waals surface area contributed by atoms with Crippen molar-refractivity contribution < 1.29 is 4.79 Å². The van der Waals surface area contributed by atoms with Crippen molar-refractivity contribution in [1.82, 2.24) is 25.1 Å². The van der Waals surface area contributed by atoms with Gasteiger partial charge in [0.1, 0.15) is 0 Å². The minimum absolute atomic E-state index is 0.144. The number of piperidine rings is 1. The Labute approximate surface area is 147 Å². The Morgan fingerprint density at radius 3 is 2.56 bits per heavy atom. The lowest BCUT2D eigenvalue weighted by Gasteiger charge is -2.42. The van der Waals surface area contributed by atoms with E-state index in [-0.39, 0.29) is 17.4 Å². The second kappa shape index (κ2) is 6.13. The molecule has 0 aromatic carbocycles. The number of amides is 1. The minimum Gasteiger partial charge on any atom is -0.350 e. The van der Waals surface area contributed by atoms with Gasteiger partial charge in [-0.05, 0) is 30.4 Å². The maximum atomic E-state index is 12.2. The predicted molar refractivity (Wildman–Crippen MR) is 94.3 cm³/mol. The quantitative estimate of drug-likeness (QED) is 0.914. The summed E-state index contributed by atoms with van der Waals surface area (Å²) >= 11 is 0. The summed E-state index contributed by atoms with van der Waals surface area (Å²) in [5, 5.41) is 7.56. The van der Waals surface area contributed by atoms with Crippen LogP contribution in [0, 0.1) is 0 Å². The molecule has 25 heavy (non-hydrogen) atoms. The zero-order valence-electron chi connectivity index (χ0n) is 14.8. The number of aryl methyl sites for hydroxylation is 2. The maximum Gasteiger partial charge on any atom is 0.225 e. The van der Waals surface area contributed by atoms with Gasteiger partial charge in [0.15, 0.2) is 0 Å². The fourth-order valence-electron chi connectivity index (χ4n) is 4.13. The molecular formula is C18H24N6O. The number of hydrogen-bond donors (Lipinski definition) is 1. The number of nitrogens with zero attached hydrogens (tertiary/aromatic N) is 5. The number of anilines is 1. The minimum atomic E-state index is -0.167. The zero-order valence-corrected chi connectivity index (χ0v) is 14.8. The van der Waals surface area contributed by atoms with Gasteiger partial charge in [-0.15, -0.1) is 0 Å².